The van der Waals surface area contributed by atoms with Gasteiger partial charge in [0.25, 0.3) is 0 Å². The van der Waals surface area contributed by atoms with Crippen LogP contribution in [-0.4, -0.2) is 44.3 Å². The molecule has 2 heterocycles. The zero-order chi connectivity index (χ0) is 12.8. The molecule has 1 N–H and O–H groups in total. The van der Waals surface area contributed by atoms with Crippen molar-refractivity contribution < 1.29 is 4.74 Å². The molecule has 2 atom stereocenters. The number of hydrogen-bond donors (Lipinski definition) is 1. The summed E-state index contributed by atoms with van der Waals surface area (Å²) in [5, 5.41) is 5.75. The number of hydrogen-bond acceptors (Lipinski definition) is 4. The fraction of sp³-hybridized carbons (Fsp3) is 0.714. The Balaban J connectivity index is 1.94. The topological polar surface area (TPSA) is 24.5 Å². The fourth-order valence-corrected chi connectivity index (χ4v) is 3.37. The second-order valence-electron chi connectivity index (χ2n) is 4.97. The second-order valence-corrected chi connectivity index (χ2v) is 5.95. The second kappa shape index (κ2) is 7.24. The smallest absolute Gasteiger partial charge is 0.0589 e. The molecule has 0 saturated carbocycles. The van der Waals surface area contributed by atoms with E-state index in [9.17, 15) is 0 Å². The summed E-state index contributed by atoms with van der Waals surface area (Å²) in [6.45, 7) is 6.42. The first-order valence-electron chi connectivity index (χ1n) is 6.81. The molecule has 0 aromatic carbocycles. The lowest BCUT2D eigenvalue weighted by molar-refractivity contribution is 0.119. The molecule has 0 amide bonds. The van der Waals surface area contributed by atoms with Crippen LogP contribution in [0, 0.1) is 0 Å². The van der Waals surface area contributed by atoms with E-state index >= 15 is 0 Å². The van der Waals surface area contributed by atoms with Crippen LogP contribution in [0.15, 0.2) is 17.5 Å². The van der Waals surface area contributed by atoms with Gasteiger partial charge in [-0.15, -0.1) is 11.3 Å². The van der Waals surface area contributed by atoms with Crippen LogP contribution in [0.2, 0.25) is 0 Å². The van der Waals surface area contributed by atoms with Gasteiger partial charge in [-0.2, -0.15) is 0 Å². The van der Waals surface area contributed by atoms with Crippen LogP contribution < -0.4 is 5.32 Å². The molecular formula is C14H24N2OS. The Kier molecular flexibility index (Phi) is 5.63. The number of ether oxygens (including phenoxy) is 1. The van der Waals surface area contributed by atoms with Crippen LogP contribution in [0.3, 0.4) is 0 Å². The summed E-state index contributed by atoms with van der Waals surface area (Å²) in [4.78, 5) is 3.99. The molecule has 3 nitrogen and oxygen atoms in total. The van der Waals surface area contributed by atoms with Gasteiger partial charge < -0.3 is 10.1 Å². The standard InChI is InChI=1S/C14H24N2OS/c1-12(14-6-4-10-18-14)16(8-9-17-2)11-13-5-3-7-15-13/h4,6,10,12-13,15H,3,5,7-9,11H2,1-2H3. The molecule has 2 unspecified atom stereocenters. The van der Waals surface area contributed by atoms with Gasteiger partial charge in [-0.25, -0.2) is 0 Å². The zero-order valence-corrected chi connectivity index (χ0v) is 12.2. The Morgan fingerprint density at radius 2 is 2.50 bits per heavy atom. The maximum Gasteiger partial charge on any atom is 0.0589 e. The van der Waals surface area contributed by atoms with Crippen molar-refractivity contribution in [3.05, 3.63) is 22.4 Å². The Hall–Kier alpha value is -0.420. The number of nitrogens with one attached hydrogen (secondary N) is 1. The van der Waals surface area contributed by atoms with Crippen molar-refractivity contribution in [1.82, 2.24) is 10.2 Å². The van der Waals surface area contributed by atoms with E-state index in [0.29, 0.717) is 12.1 Å². The normalized spacial score (nSPS) is 21.6. The van der Waals surface area contributed by atoms with Crippen molar-refractivity contribution in [3.8, 4) is 0 Å². The van der Waals surface area contributed by atoms with Crippen LogP contribution >= 0.6 is 11.3 Å². The summed E-state index contributed by atoms with van der Waals surface area (Å²) >= 11 is 1.85. The van der Waals surface area contributed by atoms with E-state index < -0.39 is 0 Å². The third kappa shape index (κ3) is 3.79. The van der Waals surface area contributed by atoms with Gasteiger partial charge >= 0.3 is 0 Å². The Bertz CT molecular complexity index is 323. The van der Waals surface area contributed by atoms with Gasteiger partial charge in [0, 0.05) is 37.2 Å². The van der Waals surface area contributed by atoms with Crippen molar-refractivity contribution in [2.24, 2.45) is 0 Å². The third-order valence-corrected chi connectivity index (χ3v) is 4.75. The van der Waals surface area contributed by atoms with E-state index in [1.54, 1.807) is 7.11 Å². The number of nitrogens with zero attached hydrogens (tertiary/aromatic N) is 1. The Morgan fingerprint density at radius 1 is 1.61 bits per heavy atom. The van der Waals surface area contributed by atoms with Crippen molar-refractivity contribution >= 4 is 11.3 Å². The molecule has 1 aromatic heterocycles. The molecule has 1 fully saturated rings. The van der Waals surface area contributed by atoms with Crippen LogP contribution in [0.1, 0.15) is 30.7 Å². The van der Waals surface area contributed by atoms with Crippen molar-refractivity contribution in [3.63, 3.8) is 0 Å². The average Bonchev–Trinajstić information content (AvgIpc) is 3.06. The minimum atomic E-state index is 0.488. The lowest BCUT2D eigenvalue weighted by atomic mass is 10.1. The molecule has 0 aliphatic carbocycles. The fourth-order valence-electron chi connectivity index (χ4n) is 2.56. The van der Waals surface area contributed by atoms with Gasteiger partial charge in [0.2, 0.25) is 0 Å². The van der Waals surface area contributed by atoms with Crippen LogP contribution in [0.4, 0.5) is 0 Å². The Morgan fingerprint density at radius 3 is 3.11 bits per heavy atom. The van der Waals surface area contributed by atoms with Crippen molar-refractivity contribution in [1.29, 1.82) is 0 Å². The molecule has 102 valence electrons. The quantitative estimate of drug-likeness (QED) is 0.822. The molecule has 1 saturated heterocycles. The first kappa shape index (κ1) is 14.0. The van der Waals surface area contributed by atoms with Crippen LogP contribution in [0.5, 0.6) is 0 Å². The number of thiophene rings is 1. The highest BCUT2D eigenvalue weighted by molar-refractivity contribution is 7.10. The lowest BCUT2D eigenvalue weighted by Crippen LogP contribution is -2.40. The molecular weight excluding hydrogens is 244 g/mol. The highest BCUT2D eigenvalue weighted by Gasteiger charge is 2.22. The van der Waals surface area contributed by atoms with Gasteiger partial charge in [-0.3, -0.25) is 4.90 Å². The zero-order valence-electron chi connectivity index (χ0n) is 11.4. The SMILES string of the molecule is COCCN(CC1CCCN1)C(C)c1cccs1. The Labute approximate surface area is 114 Å². The largest absolute Gasteiger partial charge is 0.383 e. The number of methoxy groups -OCH3 is 1. The molecule has 18 heavy (non-hydrogen) atoms. The van der Waals surface area contributed by atoms with E-state index in [2.05, 4.69) is 34.7 Å². The monoisotopic (exact) mass is 268 g/mol. The summed E-state index contributed by atoms with van der Waals surface area (Å²) in [5.74, 6) is 0. The van der Waals surface area contributed by atoms with Crippen molar-refractivity contribution in [2.75, 3.05) is 33.4 Å². The van der Waals surface area contributed by atoms with E-state index in [4.69, 9.17) is 4.74 Å². The molecule has 0 spiro atoms. The maximum atomic E-state index is 5.25. The van der Waals surface area contributed by atoms with Gasteiger partial charge in [-0.1, -0.05) is 6.07 Å². The van der Waals surface area contributed by atoms with E-state index in [0.717, 1.165) is 19.7 Å². The molecule has 1 aromatic rings. The average molecular weight is 268 g/mol. The minimum absolute atomic E-state index is 0.488. The van der Waals surface area contributed by atoms with Gasteiger partial charge in [0.1, 0.15) is 0 Å². The summed E-state index contributed by atoms with van der Waals surface area (Å²) in [6.07, 6.45) is 2.62. The molecule has 1 aliphatic heterocycles. The van der Waals surface area contributed by atoms with Crippen LogP contribution in [-0.2, 0) is 4.74 Å². The molecule has 1 aliphatic rings. The minimum Gasteiger partial charge on any atom is -0.383 e. The predicted molar refractivity (Wildman–Crippen MR) is 77.2 cm³/mol. The summed E-state index contributed by atoms with van der Waals surface area (Å²) < 4.78 is 5.25. The van der Waals surface area contributed by atoms with Gasteiger partial charge in [0.05, 0.1) is 6.61 Å². The molecule has 4 heteroatoms. The molecule has 2 rings (SSSR count). The van der Waals surface area contributed by atoms with Gasteiger partial charge in [0.15, 0.2) is 0 Å². The van der Waals surface area contributed by atoms with E-state index in [1.807, 2.05) is 11.3 Å². The molecule has 0 bridgehead atoms. The van der Waals surface area contributed by atoms with Crippen molar-refractivity contribution in [2.45, 2.75) is 31.8 Å². The number of rotatable bonds is 7. The predicted octanol–water partition coefficient (Wildman–Crippen LogP) is 2.51. The maximum absolute atomic E-state index is 5.25. The van der Waals surface area contributed by atoms with Gasteiger partial charge in [-0.05, 0) is 37.8 Å². The summed E-state index contributed by atoms with van der Waals surface area (Å²) in [7, 11) is 1.78. The van der Waals surface area contributed by atoms with E-state index in [-0.39, 0.29) is 0 Å². The molecule has 0 radical (unpaired) electrons. The third-order valence-electron chi connectivity index (χ3n) is 3.70. The summed E-state index contributed by atoms with van der Waals surface area (Å²) in [6, 6.07) is 5.52. The van der Waals surface area contributed by atoms with Crippen LogP contribution in [0.25, 0.3) is 0 Å². The summed E-state index contributed by atoms with van der Waals surface area (Å²) in [5.41, 5.74) is 0. The highest BCUT2D eigenvalue weighted by Crippen LogP contribution is 2.25. The first-order valence-corrected chi connectivity index (χ1v) is 7.69. The van der Waals surface area contributed by atoms with E-state index in [1.165, 1.54) is 24.3 Å². The lowest BCUT2D eigenvalue weighted by Gasteiger charge is -2.30. The first-order chi connectivity index (χ1) is 8.81. The highest BCUT2D eigenvalue weighted by atomic mass is 32.1.